The fraction of sp³-hybridized carbons (Fsp3) is 0.407. The number of hydrogen-bond acceptors (Lipinski definition) is 10. The van der Waals surface area contributed by atoms with Crippen LogP contribution in [0.15, 0.2) is 41.1 Å². The van der Waals surface area contributed by atoms with Crippen molar-refractivity contribution in [1.82, 2.24) is 40.6 Å². The minimum atomic E-state index is -0.426. The number of aryl methyl sites for hydroxylation is 1. The number of anilines is 2. The maximum absolute atomic E-state index is 13.1. The first kappa shape index (κ1) is 26.4. The first-order valence-corrected chi connectivity index (χ1v) is 12.9. The number of aromatic nitrogens is 6. The molecule has 39 heavy (non-hydrogen) atoms. The summed E-state index contributed by atoms with van der Waals surface area (Å²) in [4.78, 5) is 24.3. The minimum Gasteiger partial charge on any atom is -0.416 e. The Kier molecular flexibility index (Phi) is 7.40. The Balaban J connectivity index is 1.41. The minimum absolute atomic E-state index is 0.0354. The van der Waals surface area contributed by atoms with Gasteiger partial charge in [-0.05, 0) is 36.6 Å². The van der Waals surface area contributed by atoms with Crippen LogP contribution >= 0.6 is 0 Å². The number of fused-ring (bicyclic) bond motifs is 1. The van der Waals surface area contributed by atoms with Crippen molar-refractivity contribution in [3.63, 3.8) is 0 Å². The molecule has 0 saturated carbocycles. The van der Waals surface area contributed by atoms with Gasteiger partial charge in [-0.15, -0.1) is 10.2 Å². The lowest BCUT2D eigenvalue weighted by Crippen LogP contribution is -2.38. The van der Waals surface area contributed by atoms with E-state index in [-0.39, 0.29) is 24.0 Å². The van der Waals surface area contributed by atoms with Gasteiger partial charge in [0.05, 0.1) is 29.7 Å². The van der Waals surface area contributed by atoms with Crippen molar-refractivity contribution in [2.24, 2.45) is 0 Å². The van der Waals surface area contributed by atoms with Crippen LogP contribution in [0.25, 0.3) is 11.3 Å². The second kappa shape index (κ2) is 10.9. The average molecular weight is 532 g/mol. The molecule has 4 aromatic rings. The number of amides is 1. The summed E-state index contributed by atoms with van der Waals surface area (Å²) in [6, 6.07) is 7.68. The third-order valence-electron chi connectivity index (χ3n) is 6.67. The van der Waals surface area contributed by atoms with Crippen LogP contribution < -0.4 is 10.6 Å². The Morgan fingerprint density at radius 2 is 2.10 bits per heavy atom. The van der Waals surface area contributed by atoms with E-state index < -0.39 is 5.91 Å². The summed E-state index contributed by atoms with van der Waals surface area (Å²) in [5, 5.41) is 30.8. The zero-order chi connectivity index (χ0) is 27.6. The second-order valence-corrected chi connectivity index (χ2v) is 10.7. The van der Waals surface area contributed by atoms with Crippen LogP contribution in [0.2, 0.25) is 0 Å². The van der Waals surface area contributed by atoms with Crippen molar-refractivity contribution >= 4 is 17.5 Å². The van der Waals surface area contributed by atoms with Crippen LogP contribution in [0, 0.1) is 6.92 Å². The van der Waals surface area contributed by atoms with Crippen molar-refractivity contribution in [3.05, 3.63) is 65.3 Å². The highest BCUT2D eigenvalue weighted by Crippen LogP contribution is 2.29. The number of aromatic amines is 1. The van der Waals surface area contributed by atoms with E-state index in [1.165, 1.54) is 0 Å². The molecule has 5 rings (SSSR count). The molecule has 12 heteroatoms. The van der Waals surface area contributed by atoms with Gasteiger partial charge in [0.1, 0.15) is 0 Å². The Bertz CT molecular complexity index is 1460. The van der Waals surface area contributed by atoms with E-state index in [0.717, 1.165) is 46.7 Å². The SMILES string of the molecule is Cc1n[nH]cc1Nc1nccc(-c2ccc3c(c2)CCN(CCO)CC3NC(=O)c2nnc(C(C)(C)C)o2)n1. The molecule has 0 bridgehead atoms. The highest BCUT2D eigenvalue weighted by atomic mass is 16.4. The molecule has 0 radical (unpaired) electrons. The lowest BCUT2D eigenvalue weighted by Gasteiger charge is -2.24. The fourth-order valence-electron chi connectivity index (χ4n) is 4.54. The number of benzene rings is 1. The maximum atomic E-state index is 13.1. The molecule has 0 spiro atoms. The van der Waals surface area contributed by atoms with E-state index in [0.29, 0.717) is 24.9 Å². The average Bonchev–Trinajstić information content (AvgIpc) is 3.53. The number of H-pyrrole nitrogens is 1. The Morgan fingerprint density at radius 1 is 1.26 bits per heavy atom. The van der Waals surface area contributed by atoms with Gasteiger partial charge < -0.3 is 20.2 Å². The first-order chi connectivity index (χ1) is 18.7. The van der Waals surface area contributed by atoms with Crippen LogP contribution in [-0.4, -0.2) is 72.5 Å². The van der Waals surface area contributed by atoms with Crippen LogP contribution in [0.3, 0.4) is 0 Å². The quantitative estimate of drug-likeness (QED) is 0.279. The Morgan fingerprint density at radius 3 is 2.82 bits per heavy atom. The van der Waals surface area contributed by atoms with Gasteiger partial charge in [0.25, 0.3) is 0 Å². The molecule has 204 valence electrons. The van der Waals surface area contributed by atoms with Crippen molar-refractivity contribution in [3.8, 4) is 11.3 Å². The van der Waals surface area contributed by atoms with Crippen molar-refractivity contribution in [2.75, 3.05) is 31.6 Å². The number of nitrogens with one attached hydrogen (secondary N) is 3. The maximum Gasteiger partial charge on any atom is 0.309 e. The molecule has 4 N–H and O–H groups in total. The van der Waals surface area contributed by atoms with Crippen molar-refractivity contribution in [2.45, 2.75) is 45.6 Å². The predicted molar refractivity (Wildman–Crippen MR) is 145 cm³/mol. The molecular weight excluding hydrogens is 498 g/mol. The van der Waals surface area contributed by atoms with Gasteiger partial charge in [-0.3, -0.25) is 14.8 Å². The molecule has 1 amide bonds. The van der Waals surface area contributed by atoms with Gasteiger partial charge in [0, 0.05) is 43.0 Å². The summed E-state index contributed by atoms with van der Waals surface area (Å²) in [5.41, 5.74) is 5.09. The van der Waals surface area contributed by atoms with E-state index in [4.69, 9.17) is 9.40 Å². The summed E-state index contributed by atoms with van der Waals surface area (Å²) in [6.07, 6.45) is 4.24. The summed E-state index contributed by atoms with van der Waals surface area (Å²) in [7, 11) is 0. The zero-order valence-corrected chi connectivity index (χ0v) is 22.5. The highest BCUT2D eigenvalue weighted by Gasteiger charge is 2.29. The van der Waals surface area contributed by atoms with E-state index in [1.807, 2.05) is 45.9 Å². The molecule has 1 unspecified atom stereocenters. The van der Waals surface area contributed by atoms with E-state index in [2.05, 4.69) is 47.0 Å². The molecule has 0 fully saturated rings. The molecule has 0 saturated heterocycles. The molecule has 1 atom stereocenters. The Hall–Kier alpha value is -4.16. The third-order valence-corrected chi connectivity index (χ3v) is 6.67. The van der Waals surface area contributed by atoms with Crippen LogP contribution in [0.5, 0.6) is 0 Å². The van der Waals surface area contributed by atoms with Gasteiger partial charge in [-0.25, -0.2) is 9.97 Å². The summed E-state index contributed by atoms with van der Waals surface area (Å²) in [6.45, 7) is 9.57. The molecule has 4 heterocycles. The van der Waals surface area contributed by atoms with E-state index in [1.54, 1.807) is 12.4 Å². The predicted octanol–water partition coefficient (Wildman–Crippen LogP) is 2.92. The summed E-state index contributed by atoms with van der Waals surface area (Å²) < 4.78 is 5.66. The molecule has 12 nitrogen and oxygen atoms in total. The third kappa shape index (κ3) is 5.96. The molecular formula is C27H33N9O3. The van der Waals surface area contributed by atoms with Gasteiger partial charge >= 0.3 is 11.8 Å². The topological polar surface area (TPSA) is 158 Å². The van der Waals surface area contributed by atoms with Crippen LogP contribution in [0.1, 0.15) is 60.2 Å². The Labute approximate surface area is 226 Å². The van der Waals surface area contributed by atoms with Crippen molar-refractivity contribution in [1.29, 1.82) is 0 Å². The number of aliphatic hydroxyl groups excluding tert-OH is 1. The molecule has 1 aliphatic rings. The zero-order valence-electron chi connectivity index (χ0n) is 22.5. The smallest absolute Gasteiger partial charge is 0.309 e. The molecule has 0 aliphatic carbocycles. The van der Waals surface area contributed by atoms with Gasteiger partial charge in [-0.1, -0.05) is 32.9 Å². The number of β-amino-alcohol motifs (C(OH)–C–C–N with tert-alkyl or cyclic N) is 1. The van der Waals surface area contributed by atoms with Gasteiger partial charge in [0.2, 0.25) is 11.8 Å². The lowest BCUT2D eigenvalue weighted by atomic mass is 9.96. The lowest BCUT2D eigenvalue weighted by molar-refractivity contribution is 0.0884. The fourth-order valence-corrected chi connectivity index (χ4v) is 4.54. The molecule has 1 aromatic carbocycles. The van der Waals surface area contributed by atoms with E-state index in [9.17, 15) is 9.90 Å². The van der Waals surface area contributed by atoms with Crippen LogP contribution in [-0.2, 0) is 11.8 Å². The number of carbonyl (C=O) groups is 1. The van der Waals surface area contributed by atoms with Gasteiger partial charge in [0.15, 0.2) is 0 Å². The number of hydrogen-bond donors (Lipinski definition) is 4. The number of nitrogens with zero attached hydrogens (tertiary/aromatic N) is 6. The van der Waals surface area contributed by atoms with Crippen molar-refractivity contribution < 1.29 is 14.3 Å². The van der Waals surface area contributed by atoms with Crippen LogP contribution in [0.4, 0.5) is 11.6 Å². The first-order valence-electron chi connectivity index (χ1n) is 12.9. The van der Waals surface area contributed by atoms with E-state index >= 15 is 0 Å². The van der Waals surface area contributed by atoms with Gasteiger partial charge in [-0.2, -0.15) is 5.10 Å². The monoisotopic (exact) mass is 531 g/mol. The summed E-state index contributed by atoms with van der Waals surface area (Å²) in [5.74, 6) is 0.386. The normalized spacial score (nSPS) is 16.0. The standard InChI is InChI=1S/C27H33N9O3/c1-16-21(14-29-33-16)32-26-28-9-7-20(31-26)18-5-6-19-17(13-18)8-10-36(11-12-37)15-22(19)30-23(38)24-34-35-25(39-24)27(2,3)4/h5-7,9,13-14,22,37H,8,10-12,15H2,1-4H3,(H,29,33)(H,30,38)(H,28,31,32). The number of rotatable bonds is 7. The summed E-state index contributed by atoms with van der Waals surface area (Å²) >= 11 is 0. The number of carbonyl (C=O) groups excluding carboxylic acids is 1. The number of aliphatic hydroxyl groups is 1. The highest BCUT2D eigenvalue weighted by molar-refractivity contribution is 5.89. The molecule has 3 aromatic heterocycles. The largest absolute Gasteiger partial charge is 0.416 e. The second-order valence-electron chi connectivity index (χ2n) is 10.7. The molecule has 1 aliphatic heterocycles.